The molecule has 4 nitrogen and oxygen atoms in total. The first kappa shape index (κ1) is 10.1. The van der Waals surface area contributed by atoms with Crippen LogP contribution in [0.25, 0.3) is 0 Å². The van der Waals surface area contributed by atoms with Gasteiger partial charge in [-0.05, 0) is 38.1 Å². The summed E-state index contributed by atoms with van der Waals surface area (Å²) in [5.41, 5.74) is 1.04. The second kappa shape index (κ2) is 3.98. The maximum atomic E-state index is 9.67. The average Bonchev–Trinajstić information content (AvgIpc) is 2.66. The number of nitrogens with one attached hydrogen (secondary N) is 1. The molecule has 0 radical (unpaired) electrons. The van der Waals surface area contributed by atoms with Gasteiger partial charge in [-0.25, -0.2) is 0 Å². The van der Waals surface area contributed by atoms with Crippen LogP contribution in [0.5, 0.6) is 17.2 Å². The summed E-state index contributed by atoms with van der Waals surface area (Å²) >= 11 is 0. The molecule has 1 aromatic carbocycles. The van der Waals surface area contributed by atoms with Crippen LogP contribution >= 0.6 is 0 Å². The van der Waals surface area contributed by atoms with E-state index in [-0.39, 0.29) is 12.5 Å². The molecule has 82 valence electrons. The minimum Gasteiger partial charge on any atom is -0.504 e. The first-order valence-electron chi connectivity index (χ1n) is 4.99. The zero-order valence-corrected chi connectivity index (χ0v) is 8.91. The van der Waals surface area contributed by atoms with Crippen LogP contribution in [0.1, 0.15) is 12.5 Å². The van der Waals surface area contributed by atoms with Gasteiger partial charge in [-0.1, -0.05) is 0 Å². The van der Waals surface area contributed by atoms with Crippen molar-refractivity contribution in [1.29, 1.82) is 0 Å². The number of hydrogen-bond acceptors (Lipinski definition) is 4. The van der Waals surface area contributed by atoms with Crippen molar-refractivity contribution in [3.63, 3.8) is 0 Å². The standard InChI is InChI=1S/C11H15NO3/c1-7(12-2)3-8-4-9(13)11-10(5-8)14-6-15-11/h4-5,7,12-13H,3,6H2,1-2H3. The largest absolute Gasteiger partial charge is 0.504 e. The van der Waals surface area contributed by atoms with Crippen molar-refractivity contribution in [3.8, 4) is 17.2 Å². The zero-order chi connectivity index (χ0) is 10.8. The van der Waals surface area contributed by atoms with E-state index in [1.54, 1.807) is 6.07 Å². The van der Waals surface area contributed by atoms with Gasteiger partial charge in [-0.2, -0.15) is 0 Å². The number of phenolic OH excluding ortho intramolecular Hbond substituents is 1. The fourth-order valence-electron chi connectivity index (χ4n) is 1.62. The first-order chi connectivity index (χ1) is 7.20. The summed E-state index contributed by atoms with van der Waals surface area (Å²) in [4.78, 5) is 0. The fourth-order valence-corrected chi connectivity index (χ4v) is 1.62. The number of likely N-dealkylation sites (N-methyl/N-ethyl adjacent to an activating group) is 1. The molecule has 2 N–H and O–H groups in total. The van der Waals surface area contributed by atoms with Gasteiger partial charge in [0.2, 0.25) is 12.5 Å². The lowest BCUT2D eigenvalue weighted by Crippen LogP contribution is -2.23. The van der Waals surface area contributed by atoms with Gasteiger partial charge in [0.15, 0.2) is 11.5 Å². The monoisotopic (exact) mass is 209 g/mol. The highest BCUT2D eigenvalue weighted by Gasteiger charge is 2.19. The predicted molar refractivity (Wildman–Crippen MR) is 56.5 cm³/mol. The number of hydrogen-bond donors (Lipinski definition) is 2. The molecule has 0 spiro atoms. The summed E-state index contributed by atoms with van der Waals surface area (Å²) in [5.74, 6) is 1.24. The van der Waals surface area contributed by atoms with Gasteiger partial charge in [0.25, 0.3) is 0 Å². The van der Waals surface area contributed by atoms with Crippen molar-refractivity contribution in [2.45, 2.75) is 19.4 Å². The van der Waals surface area contributed by atoms with Crippen LogP contribution < -0.4 is 14.8 Å². The molecule has 1 aliphatic rings. The maximum Gasteiger partial charge on any atom is 0.231 e. The third kappa shape index (κ3) is 1.99. The molecule has 2 rings (SSSR count). The summed E-state index contributed by atoms with van der Waals surface area (Å²) in [5, 5.41) is 12.8. The summed E-state index contributed by atoms with van der Waals surface area (Å²) in [7, 11) is 1.91. The number of phenols is 1. The number of benzene rings is 1. The summed E-state index contributed by atoms with van der Waals surface area (Å²) in [6.45, 7) is 2.27. The Hall–Kier alpha value is -1.42. The zero-order valence-electron chi connectivity index (χ0n) is 8.91. The predicted octanol–water partition coefficient (Wildman–Crippen LogP) is 1.27. The van der Waals surface area contributed by atoms with Crippen molar-refractivity contribution < 1.29 is 14.6 Å². The molecule has 15 heavy (non-hydrogen) atoms. The Morgan fingerprint density at radius 3 is 3.00 bits per heavy atom. The first-order valence-corrected chi connectivity index (χ1v) is 4.99. The lowest BCUT2D eigenvalue weighted by molar-refractivity contribution is 0.171. The number of rotatable bonds is 3. The van der Waals surface area contributed by atoms with E-state index in [4.69, 9.17) is 9.47 Å². The third-order valence-corrected chi connectivity index (χ3v) is 2.55. The molecule has 1 unspecified atom stereocenters. The molecule has 0 fully saturated rings. The van der Waals surface area contributed by atoms with Crippen molar-refractivity contribution in [2.24, 2.45) is 0 Å². The number of ether oxygens (including phenoxy) is 2. The van der Waals surface area contributed by atoms with Crippen molar-refractivity contribution in [2.75, 3.05) is 13.8 Å². The quantitative estimate of drug-likeness (QED) is 0.787. The molecule has 0 saturated heterocycles. The average molecular weight is 209 g/mol. The molecular formula is C11H15NO3. The topological polar surface area (TPSA) is 50.7 Å². The highest BCUT2D eigenvalue weighted by molar-refractivity contribution is 5.54. The molecule has 0 aliphatic carbocycles. The van der Waals surface area contributed by atoms with Gasteiger partial charge >= 0.3 is 0 Å². The number of aromatic hydroxyl groups is 1. The fraction of sp³-hybridized carbons (Fsp3) is 0.455. The van der Waals surface area contributed by atoms with Crippen molar-refractivity contribution in [1.82, 2.24) is 5.32 Å². The number of fused-ring (bicyclic) bond motifs is 1. The van der Waals surface area contributed by atoms with E-state index in [0.29, 0.717) is 17.5 Å². The highest BCUT2D eigenvalue weighted by atomic mass is 16.7. The third-order valence-electron chi connectivity index (χ3n) is 2.55. The van der Waals surface area contributed by atoms with Crippen LogP contribution in [-0.4, -0.2) is 25.0 Å². The van der Waals surface area contributed by atoms with Crippen molar-refractivity contribution in [3.05, 3.63) is 17.7 Å². The highest BCUT2D eigenvalue weighted by Crippen LogP contribution is 2.41. The minimum atomic E-state index is 0.156. The van der Waals surface area contributed by atoms with E-state index >= 15 is 0 Å². The van der Waals surface area contributed by atoms with Crippen LogP contribution in [0.15, 0.2) is 12.1 Å². The van der Waals surface area contributed by atoms with Gasteiger partial charge in [0, 0.05) is 6.04 Å². The summed E-state index contributed by atoms with van der Waals surface area (Å²) < 4.78 is 10.4. The van der Waals surface area contributed by atoms with Crippen LogP contribution in [-0.2, 0) is 6.42 Å². The lowest BCUT2D eigenvalue weighted by Gasteiger charge is -2.10. The van der Waals surface area contributed by atoms with Crippen LogP contribution in [0, 0.1) is 0 Å². The molecule has 1 atom stereocenters. The van der Waals surface area contributed by atoms with Crippen LogP contribution in [0.4, 0.5) is 0 Å². The van der Waals surface area contributed by atoms with Gasteiger partial charge < -0.3 is 19.9 Å². The van der Waals surface area contributed by atoms with E-state index in [9.17, 15) is 5.11 Å². The van der Waals surface area contributed by atoms with E-state index in [1.807, 2.05) is 13.1 Å². The molecule has 4 heteroatoms. The molecule has 0 amide bonds. The Kier molecular flexibility index (Phi) is 2.68. The summed E-state index contributed by atoms with van der Waals surface area (Å²) in [6.07, 6.45) is 0.848. The molecule has 0 saturated carbocycles. The molecule has 1 aromatic rings. The maximum absolute atomic E-state index is 9.67. The summed E-state index contributed by atoms with van der Waals surface area (Å²) in [6, 6.07) is 4.00. The van der Waals surface area contributed by atoms with Crippen LogP contribution in [0.3, 0.4) is 0 Å². The molecule has 0 aromatic heterocycles. The Morgan fingerprint density at radius 1 is 1.47 bits per heavy atom. The minimum absolute atomic E-state index is 0.156. The smallest absolute Gasteiger partial charge is 0.231 e. The van der Waals surface area contributed by atoms with E-state index in [1.165, 1.54) is 0 Å². The van der Waals surface area contributed by atoms with E-state index in [0.717, 1.165) is 12.0 Å². The Balaban J connectivity index is 2.23. The molecule has 1 aliphatic heterocycles. The molecule has 0 bridgehead atoms. The Labute approximate surface area is 88.8 Å². The molecule has 1 heterocycles. The van der Waals surface area contributed by atoms with Gasteiger partial charge in [-0.3, -0.25) is 0 Å². The Morgan fingerprint density at radius 2 is 2.27 bits per heavy atom. The second-order valence-corrected chi connectivity index (χ2v) is 3.74. The van der Waals surface area contributed by atoms with Crippen LogP contribution in [0.2, 0.25) is 0 Å². The SMILES string of the molecule is CNC(C)Cc1cc(O)c2c(c1)OCO2. The Bertz CT molecular complexity index is 365. The van der Waals surface area contributed by atoms with Gasteiger partial charge in [0.1, 0.15) is 0 Å². The second-order valence-electron chi connectivity index (χ2n) is 3.74. The molecular weight excluding hydrogens is 194 g/mol. The van der Waals surface area contributed by atoms with Crippen molar-refractivity contribution >= 4 is 0 Å². The van der Waals surface area contributed by atoms with E-state index in [2.05, 4.69) is 12.2 Å². The van der Waals surface area contributed by atoms with Gasteiger partial charge in [-0.15, -0.1) is 0 Å². The normalized spacial score (nSPS) is 15.3. The van der Waals surface area contributed by atoms with Gasteiger partial charge in [0.05, 0.1) is 0 Å². The lowest BCUT2D eigenvalue weighted by atomic mass is 10.1. The van der Waals surface area contributed by atoms with E-state index < -0.39 is 0 Å².